The van der Waals surface area contributed by atoms with Crippen LogP contribution in [0.25, 0.3) is 0 Å². The second-order valence-corrected chi connectivity index (χ2v) is 4.93. The number of rotatable bonds is 4. The molecular formula is C17H20O3. The van der Waals surface area contributed by atoms with Gasteiger partial charge in [-0.05, 0) is 37.6 Å². The monoisotopic (exact) mass is 272 g/mol. The highest BCUT2D eigenvalue weighted by Crippen LogP contribution is 2.33. The van der Waals surface area contributed by atoms with Gasteiger partial charge >= 0.3 is 0 Å². The molecule has 3 nitrogen and oxygen atoms in total. The number of aryl methyl sites for hydroxylation is 2. The van der Waals surface area contributed by atoms with Crippen molar-refractivity contribution in [3.63, 3.8) is 0 Å². The molecule has 2 rings (SSSR count). The third-order valence-corrected chi connectivity index (χ3v) is 3.29. The summed E-state index contributed by atoms with van der Waals surface area (Å²) in [6, 6.07) is 11.5. The van der Waals surface area contributed by atoms with Gasteiger partial charge in [-0.25, -0.2) is 0 Å². The summed E-state index contributed by atoms with van der Waals surface area (Å²) in [5, 5.41) is 10.6. The molecule has 0 aliphatic heterocycles. The van der Waals surface area contributed by atoms with Crippen LogP contribution in [0.2, 0.25) is 0 Å². The van der Waals surface area contributed by atoms with Gasteiger partial charge in [0.2, 0.25) is 0 Å². The zero-order valence-electron chi connectivity index (χ0n) is 12.3. The van der Waals surface area contributed by atoms with Crippen LogP contribution in [0, 0.1) is 13.8 Å². The Morgan fingerprint density at radius 1 is 0.900 bits per heavy atom. The fourth-order valence-corrected chi connectivity index (χ4v) is 2.40. The van der Waals surface area contributed by atoms with Crippen LogP contribution in [0.1, 0.15) is 28.4 Å². The normalized spacial score (nSPS) is 12.1. The standard InChI is InChI=1S/C17H20O3/c1-11-7-12(2)9-13(8-11)17(18)15-10-14(19-3)5-6-16(15)20-4/h5-10,17-18H,1-4H3. The molecule has 3 heteroatoms. The van der Waals surface area contributed by atoms with Gasteiger partial charge in [0.15, 0.2) is 0 Å². The van der Waals surface area contributed by atoms with E-state index in [1.165, 1.54) is 0 Å². The number of methoxy groups -OCH3 is 2. The largest absolute Gasteiger partial charge is 0.497 e. The number of hydrogen-bond donors (Lipinski definition) is 1. The van der Waals surface area contributed by atoms with E-state index < -0.39 is 6.10 Å². The van der Waals surface area contributed by atoms with E-state index >= 15 is 0 Å². The zero-order valence-corrected chi connectivity index (χ0v) is 12.3. The number of aliphatic hydroxyl groups is 1. The second kappa shape index (κ2) is 5.97. The summed E-state index contributed by atoms with van der Waals surface area (Å²) < 4.78 is 10.6. The molecule has 0 saturated heterocycles. The number of benzene rings is 2. The predicted octanol–water partition coefficient (Wildman–Crippen LogP) is 3.40. The third kappa shape index (κ3) is 2.94. The number of aliphatic hydroxyl groups excluding tert-OH is 1. The number of hydrogen-bond acceptors (Lipinski definition) is 3. The average Bonchev–Trinajstić information content (AvgIpc) is 2.44. The van der Waals surface area contributed by atoms with E-state index in [9.17, 15) is 5.11 Å². The van der Waals surface area contributed by atoms with Gasteiger partial charge in [0.1, 0.15) is 17.6 Å². The van der Waals surface area contributed by atoms with Crippen molar-refractivity contribution in [3.8, 4) is 11.5 Å². The van der Waals surface area contributed by atoms with Crippen molar-refractivity contribution in [1.82, 2.24) is 0 Å². The summed E-state index contributed by atoms with van der Waals surface area (Å²) >= 11 is 0. The van der Waals surface area contributed by atoms with Crippen LogP contribution in [0.5, 0.6) is 11.5 Å². The van der Waals surface area contributed by atoms with Crippen LogP contribution >= 0.6 is 0 Å². The van der Waals surface area contributed by atoms with E-state index in [1.54, 1.807) is 26.4 Å². The first kappa shape index (κ1) is 14.4. The van der Waals surface area contributed by atoms with Crippen molar-refractivity contribution >= 4 is 0 Å². The smallest absolute Gasteiger partial charge is 0.125 e. The molecule has 106 valence electrons. The van der Waals surface area contributed by atoms with Gasteiger partial charge in [0.05, 0.1) is 14.2 Å². The van der Waals surface area contributed by atoms with Crippen molar-refractivity contribution in [2.45, 2.75) is 20.0 Å². The van der Waals surface area contributed by atoms with Crippen molar-refractivity contribution in [3.05, 3.63) is 58.7 Å². The van der Waals surface area contributed by atoms with Gasteiger partial charge in [-0.2, -0.15) is 0 Å². The summed E-state index contributed by atoms with van der Waals surface area (Å²) in [4.78, 5) is 0. The first-order chi connectivity index (χ1) is 9.55. The van der Waals surface area contributed by atoms with Gasteiger partial charge in [0.25, 0.3) is 0 Å². The molecule has 0 bridgehead atoms. The molecule has 20 heavy (non-hydrogen) atoms. The lowest BCUT2D eigenvalue weighted by Crippen LogP contribution is -2.04. The van der Waals surface area contributed by atoms with Crippen molar-refractivity contribution in [2.75, 3.05) is 14.2 Å². The maximum absolute atomic E-state index is 10.6. The topological polar surface area (TPSA) is 38.7 Å². The maximum Gasteiger partial charge on any atom is 0.125 e. The van der Waals surface area contributed by atoms with E-state index in [2.05, 4.69) is 6.07 Å². The zero-order chi connectivity index (χ0) is 14.7. The molecular weight excluding hydrogens is 252 g/mol. The molecule has 0 aliphatic rings. The summed E-state index contributed by atoms with van der Waals surface area (Å²) in [6.07, 6.45) is -0.737. The Balaban J connectivity index is 2.48. The fourth-order valence-electron chi connectivity index (χ4n) is 2.40. The number of ether oxygens (including phenoxy) is 2. The van der Waals surface area contributed by atoms with Crippen LogP contribution in [-0.2, 0) is 0 Å². The Hall–Kier alpha value is -2.00. The molecule has 0 aliphatic carbocycles. The highest BCUT2D eigenvalue weighted by atomic mass is 16.5. The van der Waals surface area contributed by atoms with Crippen molar-refractivity contribution in [2.24, 2.45) is 0 Å². The molecule has 0 radical (unpaired) electrons. The van der Waals surface area contributed by atoms with E-state index in [0.29, 0.717) is 17.1 Å². The summed E-state index contributed by atoms with van der Waals surface area (Å²) in [5.74, 6) is 1.35. The SMILES string of the molecule is COc1ccc(OC)c(C(O)c2cc(C)cc(C)c2)c1. The molecule has 0 heterocycles. The van der Waals surface area contributed by atoms with Crippen molar-refractivity contribution < 1.29 is 14.6 Å². The molecule has 2 aromatic rings. The van der Waals surface area contributed by atoms with Crippen LogP contribution in [0.3, 0.4) is 0 Å². The summed E-state index contributed by atoms with van der Waals surface area (Å²) in [6.45, 7) is 4.04. The van der Waals surface area contributed by atoms with E-state index in [4.69, 9.17) is 9.47 Å². The van der Waals surface area contributed by atoms with E-state index in [1.807, 2.05) is 32.0 Å². The molecule has 0 spiro atoms. The Bertz CT molecular complexity index is 585. The minimum atomic E-state index is -0.737. The lowest BCUT2D eigenvalue weighted by Gasteiger charge is -2.17. The first-order valence-electron chi connectivity index (χ1n) is 6.53. The molecule has 1 N–H and O–H groups in total. The average molecular weight is 272 g/mol. The molecule has 0 fully saturated rings. The Morgan fingerprint density at radius 2 is 1.55 bits per heavy atom. The fraction of sp³-hybridized carbons (Fsp3) is 0.294. The third-order valence-electron chi connectivity index (χ3n) is 3.29. The van der Waals surface area contributed by atoms with Crippen LogP contribution in [0.15, 0.2) is 36.4 Å². The lowest BCUT2D eigenvalue weighted by atomic mass is 9.97. The van der Waals surface area contributed by atoms with Gasteiger partial charge in [-0.15, -0.1) is 0 Å². The minimum Gasteiger partial charge on any atom is -0.497 e. The van der Waals surface area contributed by atoms with E-state index in [-0.39, 0.29) is 0 Å². The molecule has 0 saturated carbocycles. The van der Waals surface area contributed by atoms with Gasteiger partial charge in [0, 0.05) is 5.56 Å². The molecule has 1 atom stereocenters. The van der Waals surface area contributed by atoms with Gasteiger partial charge in [-0.3, -0.25) is 0 Å². The first-order valence-corrected chi connectivity index (χ1v) is 6.53. The minimum absolute atomic E-state index is 0.650. The van der Waals surface area contributed by atoms with Crippen molar-refractivity contribution in [1.29, 1.82) is 0 Å². The summed E-state index contributed by atoms with van der Waals surface area (Å²) in [7, 11) is 3.20. The molecule has 2 aromatic carbocycles. The Morgan fingerprint density at radius 3 is 2.10 bits per heavy atom. The Labute approximate surface area is 119 Å². The quantitative estimate of drug-likeness (QED) is 0.927. The van der Waals surface area contributed by atoms with Crippen LogP contribution in [0.4, 0.5) is 0 Å². The van der Waals surface area contributed by atoms with Crippen LogP contribution < -0.4 is 9.47 Å². The summed E-state index contributed by atoms with van der Waals surface area (Å²) in [5.41, 5.74) is 3.81. The molecule has 0 amide bonds. The van der Waals surface area contributed by atoms with Gasteiger partial charge in [-0.1, -0.05) is 29.3 Å². The molecule has 1 unspecified atom stereocenters. The lowest BCUT2D eigenvalue weighted by molar-refractivity contribution is 0.214. The highest BCUT2D eigenvalue weighted by Gasteiger charge is 2.17. The predicted molar refractivity (Wildman–Crippen MR) is 79.5 cm³/mol. The second-order valence-electron chi connectivity index (χ2n) is 4.93. The van der Waals surface area contributed by atoms with Gasteiger partial charge < -0.3 is 14.6 Å². The Kier molecular flexibility index (Phi) is 4.30. The molecule has 0 aromatic heterocycles. The van der Waals surface area contributed by atoms with Crippen LogP contribution in [-0.4, -0.2) is 19.3 Å². The maximum atomic E-state index is 10.6. The highest BCUT2D eigenvalue weighted by molar-refractivity contribution is 5.46. The van der Waals surface area contributed by atoms with E-state index in [0.717, 1.165) is 16.7 Å².